The van der Waals surface area contributed by atoms with Crippen LogP contribution in [0, 0.1) is 12.3 Å². The van der Waals surface area contributed by atoms with Crippen LogP contribution in [-0.2, 0) is 18.3 Å². The van der Waals surface area contributed by atoms with Crippen molar-refractivity contribution >= 4 is 5.96 Å². The minimum Gasteiger partial charge on any atom is -0.385 e. The van der Waals surface area contributed by atoms with Crippen molar-refractivity contribution in [1.82, 2.24) is 25.0 Å². The molecule has 3 rings (SSSR count). The highest BCUT2D eigenvalue weighted by atomic mass is 16.5. The van der Waals surface area contributed by atoms with Crippen LogP contribution in [-0.4, -0.2) is 59.0 Å². The van der Waals surface area contributed by atoms with Gasteiger partial charge in [-0.1, -0.05) is 6.42 Å². The van der Waals surface area contributed by atoms with E-state index in [1.54, 1.807) is 7.11 Å². The Hall–Kier alpha value is -1.63. The van der Waals surface area contributed by atoms with Gasteiger partial charge in [0.25, 0.3) is 0 Å². The standard InChI is InChI=1S/C17H30N6O/c1-14-20-21-15(22(14)2)12-19-16(18-9-5-11-24-3)23-10-8-17(13-23)6-4-7-17/h4-13H2,1-3H3,(H,18,19). The van der Waals surface area contributed by atoms with Gasteiger partial charge in [-0.05, 0) is 38.0 Å². The van der Waals surface area contributed by atoms with Crippen molar-refractivity contribution in [3.8, 4) is 0 Å². The van der Waals surface area contributed by atoms with Crippen molar-refractivity contribution < 1.29 is 4.74 Å². The Balaban J connectivity index is 1.64. The summed E-state index contributed by atoms with van der Waals surface area (Å²) in [5.41, 5.74) is 0.566. The fourth-order valence-corrected chi connectivity index (χ4v) is 3.62. The molecule has 0 bridgehead atoms. The highest BCUT2D eigenvalue weighted by Crippen LogP contribution is 2.47. The lowest BCUT2D eigenvalue weighted by molar-refractivity contribution is 0.151. The number of aryl methyl sites for hydroxylation is 1. The van der Waals surface area contributed by atoms with E-state index in [-0.39, 0.29) is 0 Å². The number of nitrogens with one attached hydrogen (secondary N) is 1. The average Bonchev–Trinajstić information content (AvgIpc) is 3.13. The third kappa shape index (κ3) is 3.71. The maximum atomic E-state index is 5.14. The second-order valence-corrected chi connectivity index (χ2v) is 7.16. The first-order valence-electron chi connectivity index (χ1n) is 9.01. The van der Waals surface area contributed by atoms with Crippen molar-refractivity contribution in [3.05, 3.63) is 11.6 Å². The minimum absolute atomic E-state index is 0.563. The van der Waals surface area contributed by atoms with Gasteiger partial charge in [-0.15, -0.1) is 10.2 Å². The molecule has 0 aromatic carbocycles. The van der Waals surface area contributed by atoms with Gasteiger partial charge in [0.1, 0.15) is 12.4 Å². The molecule has 1 aromatic rings. The lowest BCUT2D eigenvalue weighted by Gasteiger charge is -2.38. The molecule has 1 aliphatic heterocycles. The molecule has 0 amide bonds. The summed E-state index contributed by atoms with van der Waals surface area (Å²) in [5.74, 6) is 2.83. The van der Waals surface area contributed by atoms with Gasteiger partial charge in [-0.25, -0.2) is 4.99 Å². The van der Waals surface area contributed by atoms with E-state index in [4.69, 9.17) is 9.73 Å². The van der Waals surface area contributed by atoms with E-state index in [0.29, 0.717) is 12.0 Å². The molecule has 1 aliphatic carbocycles. The molecule has 1 saturated heterocycles. The van der Waals surface area contributed by atoms with Crippen LogP contribution in [0.1, 0.15) is 43.8 Å². The van der Waals surface area contributed by atoms with Crippen molar-refractivity contribution in [1.29, 1.82) is 0 Å². The van der Waals surface area contributed by atoms with Gasteiger partial charge in [-0.2, -0.15) is 0 Å². The number of nitrogens with zero attached hydrogens (tertiary/aromatic N) is 5. The summed E-state index contributed by atoms with van der Waals surface area (Å²) in [7, 11) is 3.73. The van der Waals surface area contributed by atoms with Crippen molar-refractivity contribution in [2.75, 3.05) is 33.4 Å². The fraction of sp³-hybridized carbons (Fsp3) is 0.824. The van der Waals surface area contributed by atoms with Crippen LogP contribution in [0.3, 0.4) is 0 Å². The lowest BCUT2D eigenvalue weighted by atomic mass is 9.68. The van der Waals surface area contributed by atoms with Crippen LogP contribution in [0.25, 0.3) is 0 Å². The summed E-state index contributed by atoms with van der Waals surface area (Å²) < 4.78 is 7.14. The second-order valence-electron chi connectivity index (χ2n) is 7.16. The Bertz CT molecular complexity index is 578. The molecule has 0 unspecified atom stereocenters. The number of aromatic nitrogens is 3. The topological polar surface area (TPSA) is 67.6 Å². The van der Waals surface area contributed by atoms with E-state index in [1.165, 1.54) is 25.7 Å². The number of ether oxygens (including phenoxy) is 1. The number of rotatable bonds is 6. The monoisotopic (exact) mass is 334 g/mol. The van der Waals surface area contributed by atoms with Gasteiger partial charge < -0.3 is 19.5 Å². The summed E-state index contributed by atoms with van der Waals surface area (Å²) in [6.07, 6.45) is 6.43. The Morgan fingerprint density at radius 3 is 2.75 bits per heavy atom. The summed E-state index contributed by atoms with van der Waals surface area (Å²) in [4.78, 5) is 7.26. The lowest BCUT2D eigenvalue weighted by Crippen LogP contribution is -2.43. The van der Waals surface area contributed by atoms with E-state index < -0.39 is 0 Å². The van der Waals surface area contributed by atoms with Crippen molar-refractivity contribution in [3.63, 3.8) is 0 Å². The van der Waals surface area contributed by atoms with E-state index >= 15 is 0 Å². The molecule has 134 valence electrons. The number of methoxy groups -OCH3 is 1. The van der Waals surface area contributed by atoms with Crippen LogP contribution in [0.15, 0.2) is 4.99 Å². The zero-order valence-electron chi connectivity index (χ0n) is 15.2. The predicted molar refractivity (Wildman–Crippen MR) is 93.8 cm³/mol. The van der Waals surface area contributed by atoms with Crippen LogP contribution in [0.5, 0.6) is 0 Å². The molecule has 7 heteroatoms. The van der Waals surface area contributed by atoms with E-state index in [2.05, 4.69) is 20.4 Å². The van der Waals surface area contributed by atoms with Gasteiger partial charge in [0, 0.05) is 40.4 Å². The molecule has 7 nitrogen and oxygen atoms in total. The maximum Gasteiger partial charge on any atom is 0.194 e. The molecule has 1 aromatic heterocycles. The second kappa shape index (κ2) is 7.51. The first-order chi connectivity index (χ1) is 11.6. The molecule has 1 saturated carbocycles. The van der Waals surface area contributed by atoms with Crippen LogP contribution < -0.4 is 5.32 Å². The van der Waals surface area contributed by atoms with E-state index in [9.17, 15) is 0 Å². The van der Waals surface area contributed by atoms with E-state index in [0.717, 1.165) is 50.3 Å². The smallest absolute Gasteiger partial charge is 0.194 e. The molecule has 1 spiro atoms. The van der Waals surface area contributed by atoms with Gasteiger partial charge >= 0.3 is 0 Å². The van der Waals surface area contributed by atoms with Gasteiger partial charge in [0.05, 0.1) is 0 Å². The third-order valence-electron chi connectivity index (χ3n) is 5.51. The first kappa shape index (κ1) is 17.2. The normalized spacial score (nSPS) is 19.8. The number of aliphatic imine (C=N–C) groups is 1. The van der Waals surface area contributed by atoms with Crippen LogP contribution in [0.4, 0.5) is 0 Å². The summed E-state index contributed by atoms with van der Waals surface area (Å²) >= 11 is 0. The molecular weight excluding hydrogens is 304 g/mol. The van der Waals surface area contributed by atoms with E-state index in [1.807, 2.05) is 18.5 Å². The molecular formula is C17H30N6O. The highest BCUT2D eigenvalue weighted by Gasteiger charge is 2.43. The Morgan fingerprint density at radius 2 is 2.17 bits per heavy atom. The summed E-state index contributed by atoms with van der Waals surface area (Å²) in [6, 6.07) is 0. The van der Waals surface area contributed by atoms with Gasteiger partial charge in [-0.3, -0.25) is 0 Å². The van der Waals surface area contributed by atoms with Crippen molar-refractivity contribution in [2.45, 2.75) is 45.6 Å². The summed E-state index contributed by atoms with van der Waals surface area (Å²) in [5, 5.41) is 11.9. The van der Waals surface area contributed by atoms with Gasteiger partial charge in [0.2, 0.25) is 0 Å². The Morgan fingerprint density at radius 1 is 1.33 bits per heavy atom. The molecule has 0 atom stereocenters. The number of hydrogen-bond acceptors (Lipinski definition) is 4. The van der Waals surface area contributed by atoms with Crippen molar-refractivity contribution in [2.24, 2.45) is 17.5 Å². The SMILES string of the molecule is COCCCNC(=NCc1nnc(C)n1C)N1CCC2(CCC2)C1. The quantitative estimate of drug-likeness (QED) is 0.485. The van der Waals surface area contributed by atoms with Crippen LogP contribution >= 0.6 is 0 Å². The average molecular weight is 334 g/mol. The number of hydrogen-bond donors (Lipinski definition) is 1. The maximum absolute atomic E-state index is 5.14. The molecule has 24 heavy (non-hydrogen) atoms. The molecule has 1 N–H and O–H groups in total. The van der Waals surface area contributed by atoms with Gasteiger partial charge in [0.15, 0.2) is 11.8 Å². The molecule has 2 heterocycles. The molecule has 2 aliphatic rings. The minimum atomic E-state index is 0.563. The highest BCUT2D eigenvalue weighted by molar-refractivity contribution is 5.80. The molecule has 2 fully saturated rings. The Labute approximate surface area is 144 Å². The zero-order valence-corrected chi connectivity index (χ0v) is 15.2. The largest absolute Gasteiger partial charge is 0.385 e. The first-order valence-corrected chi connectivity index (χ1v) is 9.01. The Kier molecular flexibility index (Phi) is 5.38. The fourth-order valence-electron chi connectivity index (χ4n) is 3.62. The number of guanidine groups is 1. The third-order valence-corrected chi connectivity index (χ3v) is 5.51. The number of likely N-dealkylation sites (tertiary alicyclic amines) is 1. The van der Waals surface area contributed by atoms with Crippen LogP contribution in [0.2, 0.25) is 0 Å². The zero-order chi connectivity index (χ0) is 17.0. The molecule has 0 radical (unpaired) electrons. The predicted octanol–water partition coefficient (Wildman–Crippen LogP) is 1.48. The summed E-state index contributed by atoms with van der Waals surface area (Å²) in [6.45, 7) is 6.42.